The van der Waals surface area contributed by atoms with Gasteiger partial charge in [-0.05, 0) is 32.8 Å². The SMILES string of the molecule is C=C=COc1ccc2ccccc2c1Br. The van der Waals surface area contributed by atoms with E-state index in [1.165, 1.54) is 11.6 Å². The molecule has 0 radical (unpaired) electrons. The largest absolute Gasteiger partial charge is 0.456 e. The monoisotopic (exact) mass is 260 g/mol. The molecule has 2 aromatic rings. The van der Waals surface area contributed by atoms with E-state index in [1.54, 1.807) is 0 Å². The first kappa shape index (κ1) is 10.0. The number of hydrogen-bond acceptors (Lipinski definition) is 1. The Kier molecular flexibility index (Phi) is 2.91. The fourth-order valence-electron chi connectivity index (χ4n) is 1.41. The minimum absolute atomic E-state index is 0.768. The van der Waals surface area contributed by atoms with Crippen LogP contribution in [0.3, 0.4) is 0 Å². The molecule has 0 bridgehead atoms. The van der Waals surface area contributed by atoms with Gasteiger partial charge in [0.2, 0.25) is 0 Å². The van der Waals surface area contributed by atoms with Crippen molar-refractivity contribution in [2.24, 2.45) is 0 Å². The Morgan fingerprint density at radius 2 is 2.00 bits per heavy atom. The maximum Gasteiger partial charge on any atom is 0.142 e. The van der Waals surface area contributed by atoms with Gasteiger partial charge in [0.15, 0.2) is 0 Å². The molecule has 0 amide bonds. The molecule has 0 spiro atoms. The van der Waals surface area contributed by atoms with Crippen molar-refractivity contribution in [1.82, 2.24) is 0 Å². The highest BCUT2D eigenvalue weighted by Crippen LogP contribution is 2.32. The molecule has 74 valence electrons. The van der Waals surface area contributed by atoms with E-state index in [-0.39, 0.29) is 0 Å². The zero-order chi connectivity index (χ0) is 10.7. The van der Waals surface area contributed by atoms with Crippen molar-refractivity contribution < 1.29 is 4.74 Å². The van der Waals surface area contributed by atoms with E-state index in [9.17, 15) is 0 Å². The van der Waals surface area contributed by atoms with Crippen LogP contribution in [0, 0.1) is 0 Å². The van der Waals surface area contributed by atoms with Gasteiger partial charge < -0.3 is 4.74 Å². The summed E-state index contributed by atoms with van der Waals surface area (Å²) < 4.78 is 6.30. The minimum Gasteiger partial charge on any atom is -0.456 e. The second-order valence-electron chi connectivity index (χ2n) is 3.04. The van der Waals surface area contributed by atoms with Gasteiger partial charge in [-0.3, -0.25) is 0 Å². The summed E-state index contributed by atoms with van der Waals surface area (Å²) in [5.41, 5.74) is 2.57. The molecular weight excluding hydrogens is 252 g/mol. The molecule has 0 aliphatic carbocycles. The topological polar surface area (TPSA) is 9.23 Å². The second kappa shape index (κ2) is 4.35. The predicted octanol–water partition coefficient (Wildman–Crippen LogP) is 4.28. The third-order valence-electron chi connectivity index (χ3n) is 2.10. The molecule has 0 aromatic heterocycles. The van der Waals surface area contributed by atoms with Crippen LogP contribution >= 0.6 is 15.9 Å². The predicted molar refractivity (Wildman–Crippen MR) is 66.0 cm³/mol. The Morgan fingerprint density at radius 3 is 2.80 bits per heavy atom. The number of benzene rings is 2. The Labute approximate surface area is 96.8 Å². The van der Waals surface area contributed by atoms with E-state index >= 15 is 0 Å². The standard InChI is InChI=1S/C13H9BrO/c1-2-9-15-12-8-7-10-5-3-4-6-11(10)13(12)14/h3-9H,1H2. The van der Waals surface area contributed by atoms with Crippen LogP contribution in [-0.2, 0) is 0 Å². The number of rotatable bonds is 2. The quantitative estimate of drug-likeness (QED) is 0.579. The van der Waals surface area contributed by atoms with Crippen LogP contribution in [0.1, 0.15) is 0 Å². The lowest BCUT2D eigenvalue weighted by Gasteiger charge is -2.05. The fourth-order valence-corrected chi connectivity index (χ4v) is 2.00. The Hall–Kier alpha value is -1.50. The summed E-state index contributed by atoms with van der Waals surface area (Å²) in [6.07, 6.45) is 1.44. The number of fused-ring (bicyclic) bond motifs is 1. The molecule has 0 saturated heterocycles. The number of halogens is 1. The van der Waals surface area contributed by atoms with Crippen LogP contribution in [0.25, 0.3) is 10.8 Å². The van der Waals surface area contributed by atoms with E-state index in [0.29, 0.717) is 0 Å². The molecule has 0 saturated carbocycles. The molecule has 0 fully saturated rings. The van der Waals surface area contributed by atoms with Crippen molar-refractivity contribution >= 4 is 26.7 Å². The van der Waals surface area contributed by atoms with Gasteiger partial charge in [-0.15, -0.1) is 0 Å². The first-order valence-electron chi connectivity index (χ1n) is 4.51. The van der Waals surface area contributed by atoms with E-state index < -0.39 is 0 Å². The van der Waals surface area contributed by atoms with Gasteiger partial charge in [-0.2, -0.15) is 0 Å². The summed E-state index contributed by atoms with van der Waals surface area (Å²) >= 11 is 3.52. The molecule has 2 heteroatoms. The number of ether oxygens (including phenoxy) is 1. The van der Waals surface area contributed by atoms with Crippen LogP contribution in [-0.4, -0.2) is 0 Å². The summed E-state index contributed by atoms with van der Waals surface area (Å²) in [7, 11) is 0. The van der Waals surface area contributed by atoms with Crippen molar-refractivity contribution in [2.75, 3.05) is 0 Å². The summed E-state index contributed by atoms with van der Waals surface area (Å²) in [5.74, 6) is 0.768. The molecule has 1 nitrogen and oxygen atoms in total. The molecular formula is C13H9BrO. The lowest BCUT2D eigenvalue weighted by Crippen LogP contribution is -1.83. The third kappa shape index (κ3) is 1.96. The molecule has 2 rings (SSSR count). The highest BCUT2D eigenvalue weighted by molar-refractivity contribution is 9.10. The van der Waals surface area contributed by atoms with Crippen molar-refractivity contribution in [1.29, 1.82) is 0 Å². The average Bonchev–Trinajstić information content (AvgIpc) is 2.29. The van der Waals surface area contributed by atoms with Gasteiger partial charge in [0.05, 0.1) is 4.47 Å². The van der Waals surface area contributed by atoms with Crippen molar-refractivity contribution in [3.63, 3.8) is 0 Å². The maximum absolute atomic E-state index is 5.35. The maximum atomic E-state index is 5.35. The second-order valence-corrected chi connectivity index (χ2v) is 3.83. The van der Waals surface area contributed by atoms with Crippen LogP contribution in [0.2, 0.25) is 0 Å². The first-order valence-corrected chi connectivity index (χ1v) is 5.30. The summed E-state index contributed by atoms with van der Waals surface area (Å²) in [6, 6.07) is 12.1. The van der Waals surface area contributed by atoms with Gasteiger partial charge in [0.1, 0.15) is 12.0 Å². The third-order valence-corrected chi connectivity index (χ3v) is 2.92. The summed E-state index contributed by atoms with van der Waals surface area (Å²) in [5, 5.41) is 2.31. The smallest absolute Gasteiger partial charge is 0.142 e. The highest BCUT2D eigenvalue weighted by atomic mass is 79.9. The van der Waals surface area contributed by atoms with E-state index in [1.807, 2.05) is 30.3 Å². The molecule has 0 atom stereocenters. The molecule has 0 unspecified atom stereocenters. The van der Waals surface area contributed by atoms with Crippen molar-refractivity contribution in [3.8, 4) is 5.75 Å². The fraction of sp³-hybridized carbons (Fsp3) is 0. The summed E-state index contributed by atoms with van der Waals surface area (Å²) in [4.78, 5) is 0. The highest BCUT2D eigenvalue weighted by Gasteiger charge is 2.04. The molecule has 0 aliphatic rings. The zero-order valence-electron chi connectivity index (χ0n) is 8.03. The van der Waals surface area contributed by atoms with E-state index in [4.69, 9.17) is 4.74 Å². The van der Waals surface area contributed by atoms with Gasteiger partial charge >= 0.3 is 0 Å². The molecule has 0 heterocycles. The average molecular weight is 261 g/mol. The van der Waals surface area contributed by atoms with Gasteiger partial charge in [-0.25, -0.2) is 0 Å². The Balaban J connectivity index is 2.59. The Morgan fingerprint density at radius 1 is 1.20 bits per heavy atom. The molecule has 15 heavy (non-hydrogen) atoms. The lowest BCUT2D eigenvalue weighted by molar-refractivity contribution is 0.480. The van der Waals surface area contributed by atoms with Crippen molar-refractivity contribution in [3.05, 3.63) is 59.4 Å². The lowest BCUT2D eigenvalue weighted by atomic mass is 10.1. The first-order chi connectivity index (χ1) is 7.33. The normalized spacial score (nSPS) is 9.67. The molecule has 2 aromatic carbocycles. The van der Waals surface area contributed by atoms with Crippen LogP contribution in [0.15, 0.2) is 59.4 Å². The molecule has 0 N–H and O–H groups in total. The summed E-state index contributed by atoms with van der Waals surface area (Å²) in [6.45, 7) is 3.45. The molecule has 0 aliphatic heterocycles. The van der Waals surface area contributed by atoms with Crippen LogP contribution in [0.4, 0.5) is 0 Å². The van der Waals surface area contributed by atoms with Gasteiger partial charge in [0.25, 0.3) is 0 Å². The van der Waals surface area contributed by atoms with Crippen LogP contribution < -0.4 is 4.74 Å². The van der Waals surface area contributed by atoms with E-state index in [0.717, 1.165) is 15.6 Å². The number of hydrogen-bond donors (Lipinski definition) is 0. The van der Waals surface area contributed by atoms with Gasteiger partial charge in [-0.1, -0.05) is 42.6 Å². The van der Waals surface area contributed by atoms with Crippen LogP contribution in [0.5, 0.6) is 5.75 Å². The van der Waals surface area contributed by atoms with Crippen molar-refractivity contribution in [2.45, 2.75) is 0 Å². The Bertz CT molecular complexity index is 539. The van der Waals surface area contributed by atoms with E-state index in [2.05, 4.69) is 34.3 Å². The zero-order valence-corrected chi connectivity index (χ0v) is 9.62. The minimum atomic E-state index is 0.768. The van der Waals surface area contributed by atoms with Gasteiger partial charge in [0, 0.05) is 0 Å².